The molecule has 2 rings (SSSR count). The Morgan fingerprint density at radius 1 is 1.08 bits per heavy atom. The first-order valence-corrected chi connectivity index (χ1v) is 10.1. The third-order valence-corrected chi connectivity index (χ3v) is 4.26. The number of carboxylic acid groups (broad SMARTS) is 1. The van der Waals surface area contributed by atoms with Crippen molar-refractivity contribution in [1.29, 1.82) is 0 Å². The van der Waals surface area contributed by atoms with Crippen LogP contribution >= 0.6 is 0 Å². The molecular formula is C19H33NO3S. The molecule has 0 spiro atoms. The van der Waals surface area contributed by atoms with Crippen LogP contribution in [0, 0.1) is 0 Å². The van der Waals surface area contributed by atoms with E-state index in [-0.39, 0.29) is 6.54 Å². The zero-order valence-electron chi connectivity index (χ0n) is 16.1. The van der Waals surface area contributed by atoms with E-state index in [0.29, 0.717) is 5.75 Å². The van der Waals surface area contributed by atoms with E-state index in [1.807, 2.05) is 72.7 Å². The van der Waals surface area contributed by atoms with Crippen molar-refractivity contribution in [3.05, 3.63) is 30.5 Å². The van der Waals surface area contributed by atoms with E-state index in [1.165, 1.54) is 0 Å². The van der Waals surface area contributed by atoms with E-state index in [0.717, 1.165) is 22.2 Å². The summed E-state index contributed by atoms with van der Waals surface area (Å²) in [5, 5.41) is 9.79. The normalized spacial score (nSPS) is 10.3. The SMILES string of the molecule is CC.CC.CC.CCCS(=O)c1ccc2ccn(CC(=O)O)c2c1. The van der Waals surface area contributed by atoms with Crippen LogP contribution in [0.3, 0.4) is 0 Å². The Morgan fingerprint density at radius 3 is 2.17 bits per heavy atom. The summed E-state index contributed by atoms with van der Waals surface area (Å²) in [6, 6.07) is 7.42. The fourth-order valence-electron chi connectivity index (χ4n) is 1.89. The number of carbonyl (C=O) groups is 1. The smallest absolute Gasteiger partial charge is 0.323 e. The second-order valence-corrected chi connectivity index (χ2v) is 5.68. The van der Waals surface area contributed by atoms with Crippen LogP contribution in [0.1, 0.15) is 54.9 Å². The number of nitrogens with zero attached hydrogens (tertiary/aromatic N) is 1. The maximum atomic E-state index is 11.9. The molecule has 1 aromatic heterocycles. The van der Waals surface area contributed by atoms with Crippen LogP contribution in [0.25, 0.3) is 10.9 Å². The van der Waals surface area contributed by atoms with Gasteiger partial charge in [0.05, 0.1) is 10.8 Å². The van der Waals surface area contributed by atoms with Gasteiger partial charge in [-0.2, -0.15) is 0 Å². The highest BCUT2D eigenvalue weighted by molar-refractivity contribution is 7.85. The number of hydrogen-bond donors (Lipinski definition) is 1. The minimum Gasteiger partial charge on any atom is -0.480 e. The predicted molar refractivity (Wildman–Crippen MR) is 105 cm³/mol. The first-order chi connectivity index (χ1) is 11.6. The van der Waals surface area contributed by atoms with Crippen LogP contribution in [-0.4, -0.2) is 25.6 Å². The predicted octanol–water partition coefficient (Wildman–Crippen LogP) is 5.32. The molecule has 4 nitrogen and oxygen atoms in total. The average molecular weight is 356 g/mol. The van der Waals surface area contributed by atoms with Crippen molar-refractivity contribution in [2.75, 3.05) is 5.75 Å². The minimum atomic E-state index is -1.01. The lowest BCUT2D eigenvalue weighted by Crippen LogP contribution is -2.07. The summed E-state index contributed by atoms with van der Waals surface area (Å²) in [5.41, 5.74) is 0.819. The Hall–Kier alpha value is -1.62. The molecule has 138 valence electrons. The molecule has 1 aromatic carbocycles. The highest BCUT2D eigenvalue weighted by Gasteiger charge is 2.08. The molecule has 0 radical (unpaired) electrons. The molecule has 0 saturated heterocycles. The summed E-state index contributed by atoms with van der Waals surface area (Å²) in [4.78, 5) is 11.5. The molecule has 1 atom stereocenters. The zero-order chi connectivity index (χ0) is 19.1. The van der Waals surface area contributed by atoms with Gasteiger partial charge in [0.1, 0.15) is 6.54 Å². The van der Waals surface area contributed by atoms with Gasteiger partial charge in [0, 0.05) is 22.4 Å². The van der Waals surface area contributed by atoms with Crippen LogP contribution in [0.5, 0.6) is 0 Å². The molecule has 0 fully saturated rings. The highest BCUT2D eigenvalue weighted by atomic mass is 32.2. The second-order valence-electron chi connectivity index (χ2n) is 4.11. The van der Waals surface area contributed by atoms with Gasteiger partial charge in [0.25, 0.3) is 0 Å². The standard InChI is InChI=1S/C13H15NO3S.3C2H6/c1-2-7-18(17)11-4-3-10-5-6-14(9-13(15)16)12(10)8-11;3*1-2/h3-6,8H,2,7,9H2,1H3,(H,15,16);3*1-2H3. The average Bonchev–Trinajstić information content (AvgIpc) is 3.02. The van der Waals surface area contributed by atoms with Crippen molar-refractivity contribution in [1.82, 2.24) is 4.57 Å². The van der Waals surface area contributed by atoms with E-state index in [2.05, 4.69) is 0 Å². The molecule has 0 saturated carbocycles. The summed E-state index contributed by atoms with van der Waals surface area (Å²) >= 11 is 0. The van der Waals surface area contributed by atoms with Crippen molar-refractivity contribution in [3.63, 3.8) is 0 Å². The molecule has 2 aromatic rings. The van der Waals surface area contributed by atoms with Gasteiger partial charge in [-0.15, -0.1) is 0 Å². The first-order valence-electron chi connectivity index (χ1n) is 8.81. The van der Waals surface area contributed by atoms with Crippen LogP contribution in [0.2, 0.25) is 0 Å². The lowest BCUT2D eigenvalue weighted by molar-refractivity contribution is -0.137. The topological polar surface area (TPSA) is 59.3 Å². The monoisotopic (exact) mass is 355 g/mol. The number of aliphatic carboxylic acids is 1. The van der Waals surface area contributed by atoms with Gasteiger partial charge in [0.2, 0.25) is 0 Å². The lowest BCUT2D eigenvalue weighted by Gasteiger charge is -2.04. The number of hydrogen-bond acceptors (Lipinski definition) is 2. The molecule has 0 aliphatic heterocycles. The first kappa shape index (κ1) is 24.6. The Kier molecular flexibility index (Phi) is 15.3. The van der Waals surface area contributed by atoms with E-state index in [9.17, 15) is 9.00 Å². The lowest BCUT2D eigenvalue weighted by atomic mass is 10.2. The van der Waals surface area contributed by atoms with Gasteiger partial charge in [0.15, 0.2) is 0 Å². The molecule has 5 heteroatoms. The number of carboxylic acids is 1. The second kappa shape index (κ2) is 14.9. The van der Waals surface area contributed by atoms with Gasteiger partial charge >= 0.3 is 5.97 Å². The molecular weight excluding hydrogens is 322 g/mol. The maximum Gasteiger partial charge on any atom is 0.323 e. The molecule has 0 bridgehead atoms. The van der Waals surface area contributed by atoms with E-state index in [1.54, 1.807) is 10.8 Å². The van der Waals surface area contributed by atoms with Gasteiger partial charge in [-0.1, -0.05) is 54.5 Å². The van der Waals surface area contributed by atoms with Crippen LogP contribution in [-0.2, 0) is 22.1 Å². The molecule has 0 amide bonds. The maximum absolute atomic E-state index is 11.9. The van der Waals surface area contributed by atoms with Crippen molar-refractivity contribution in [2.24, 2.45) is 0 Å². The Balaban J connectivity index is 0. The quantitative estimate of drug-likeness (QED) is 0.789. The number of rotatable bonds is 5. The summed E-state index contributed by atoms with van der Waals surface area (Å²) in [6.45, 7) is 13.9. The highest BCUT2D eigenvalue weighted by Crippen LogP contribution is 2.20. The fraction of sp³-hybridized carbons (Fsp3) is 0.526. The van der Waals surface area contributed by atoms with Gasteiger partial charge in [-0.05, 0) is 30.0 Å². The van der Waals surface area contributed by atoms with Crippen LogP contribution < -0.4 is 0 Å². The Labute approximate surface area is 149 Å². The summed E-state index contributed by atoms with van der Waals surface area (Å²) in [7, 11) is -1.01. The fourth-order valence-corrected chi connectivity index (χ4v) is 2.96. The number of benzene rings is 1. The minimum absolute atomic E-state index is 0.0760. The number of fused-ring (bicyclic) bond motifs is 1. The zero-order valence-corrected chi connectivity index (χ0v) is 16.9. The van der Waals surface area contributed by atoms with Crippen molar-refractivity contribution >= 4 is 27.7 Å². The van der Waals surface area contributed by atoms with Crippen molar-refractivity contribution < 1.29 is 14.1 Å². The third-order valence-electron chi connectivity index (χ3n) is 2.70. The molecule has 0 aliphatic rings. The summed E-state index contributed by atoms with van der Waals surface area (Å²) in [6.07, 6.45) is 2.60. The van der Waals surface area contributed by atoms with Crippen LogP contribution in [0.4, 0.5) is 0 Å². The Bertz CT molecular complexity index is 606. The molecule has 1 N–H and O–H groups in total. The summed E-state index contributed by atoms with van der Waals surface area (Å²) in [5.74, 6) is -0.252. The van der Waals surface area contributed by atoms with Crippen LogP contribution in [0.15, 0.2) is 35.4 Å². The molecule has 0 aliphatic carbocycles. The Morgan fingerprint density at radius 2 is 1.67 bits per heavy atom. The number of aromatic nitrogens is 1. The van der Waals surface area contributed by atoms with Crippen molar-refractivity contribution in [2.45, 2.75) is 66.3 Å². The third kappa shape index (κ3) is 7.77. The largest absolute Gasteiger partial charge is 0.480 e. The van der Waals surface area contributed by atoms with Crippen molar-refractivity contribution in [3.8, 4) is 0 Å². The molecule has 1 unspecified atom stereocenters. The van der Waals surface area contributed by atoms with E-state index in [4.69, 9.17) is 5.11 Å². The van der Waals surface area contributed by atoms with Gasteiger partial charge < -0.3 is 9.67 Å². The van der Waals surface area contributed by atoms with E-state index >= 15 is 0 Å². The van der Waals surface area contributed by atoms with Gasteiger partial charge in [-0.25, -0.2) is 0 Å². The van der Waals surface area contributed by atoms with Gasteiger partial charge in [-0.3, -0.25) is 9.00 Å². The summed E-state index contributed by atoms with van der Waals surface area (Å²) < 4.78 is 13.6. The van der Waals surface area contributed by atoms with E-state index < -0.39 is 16.8 Å². The molecule has 24 heavy (non-hydrogen) atoms. The molecule has 1 heterocycles.